The standard InChI is InChI=1S/C17H15N3O5/c1-10-17(25-12-5-3-11(4-6-12)20(22)23)16(19-18-10)14-8-7-13(24-2)9-15(14)21/h3-9,21H,1-2H3,(H,18,19). The van der Waals surface area contributed by atoms with Crippen molar-refractivity contribution in [3.8, 4) is 34.3 Å². The van der Waals surface area contributed by atoms with Crippen molar-refractivity contribution in [3.63, 3.8) is 0 Å². The topological polar surface area (TPSA) is 111 Å². The fourth-order valence-corrected chi connectivity index (χ4v) is 2.32. The number of aromatic hydroxyl groups is 1. The summed E-state index contributed by atoms with van der Waals surface area (Å²) < 4.78 is 10.9. The lowest BCUT2D eigenvalue weighted by atomic mass is 10.1. The van der Waals surface area contributed by atoms with Gasteiger partial charge in [0.25, 0.3) is 5.69 Å². The molecule has 0 unspecified atom stereocenters. The maximum atomic E-state index is 10.7. The van der Waals surface area contributed by atoms with Crippen LogP contribution in [-0.2, 0) is 0 Å². The van der Waals surface area contributed by atoms with Gasteiger partial charge in [-0.05, 0) is 31.2 Å². The molecule has 0 aliphatic rings. The molecule has 0 saturated carbocycles. The van der Waals surface area contributed by atoms with Crippen molar-refractivity contribution < 1.29 is 19.5 Å². The van der Waals surface area contributed by atoms with Gasteiger partial charge in [-0.3, -0.25) is 15.2 Å². The van der Waals surface area contributed by atoms with Crippen LogP contribution in [0.5, 0.6) is 23.0 Å². The van der Waals surface area contributed by atoms with Crippen LogP contribution < -0.4 is 9.47 Å². The Bertz CT molecular complexity index is 919. The highest BCUT2D eigenvalue weighted by Crippen LogP contribution is 2.39. The molecule has 2 aromatic carbocycles. The molecule has 0 fully saturated rings. The van der Waals surface area contributed by atoms with Crippen LogP contribution in [0, 0.1) is 17.0 Å². The van der Waals surface area contributed by atoms with E-state index in [4.69, 9.17) is 9.47 Å². The largest absolute Gasteiger partial charge is 0.507 e. The number of nitro benzene ring substituents is 1. The highest BCUT2D eigenvalue weighted by molar-refractivity contribution is 5.74. The summed E-state index contributed by atoms with van der Waals surface area (Å²) >= 11 is 0. The minimum Gasteiger partial charge on any atom is -0.507 e. The van der Waals surface area contributed by atoms with E-state index < -0.39 is 4.92 Å². The Balaban J connectivity index is 1.96. The summed E-state index contributed by atoms with van der Waals surface area (Å²) in [5.41, 5.74) is 1.53. The Morgan fingerprint density at radius 1 is 1.16 bits per heavy atom. The van der Waals surface area contributed by atoms with E-state index in [-0.39, 0.29) is 11.4 Å². The molecule has 0 aliphatic heterocycles. The van der Waals surface area contributed by atoms with E-state index >= 15 is 0 Å². The van der Waals surface area contributed by atoms with E-state index in [9.17, 15) is 15.2 Å². The lowest BCUT2D eigenvalue weighted by Crippen LogP contribution is -1.91. The number of aryl methyl sites for hydroxylation is 1. The van der Waals surface area contributed by atoms with Crippen molar-refractivity contribution >= 4 is 5.69 Å². The summed E-state index contributed by atoms with van der Waals surface area (Å²) in [6, 6.07) is 10.6. The number of phenols is 1. The van der Waals surface area contributed by atoms with Crippen LogP contribution >= 0.6 is 0 Å². The van der Waals surface area contributed by atoms with Crippen molar-refractivity contribution in [1.29, 1.82) is 0 Å². The molecule has 0 saturated heterocycles. The van der Waals surface area contributed by atoms with E-state index in [1.165, 1.54) is 37.4 Å². The zero-order chi connectivity index (χ0) is 18.0. The fraction of sp³-hybridized carbons (Fsp3) is 0.118. The summed E-state index contributed by atoms with van der Waals surface area (Å²) in [4.78, 5) is 10.2. The third-order valence-corrected chi connectivity index (χ3v) is 3.62. The first kappa shape index (κ1) is 16.3. The van der Waals surface area contributed by atoms with Crippen LogP contribution in [0.15, 0.2) is 42.5 Å². The van der Waals surface area contributed by atoms with E-state index in [2.05, 4.69) is 10.2 Å². The van der Waals surface area contributed by atoms with Crippen LogP contribution in [-0.4, -0.2) is 27.3 Å². The van der Waals surface area contributed by atoms with Gasteiger partial charge < -0.3 is 14.6 Å². The first-order valence-corrected chi connectivity index (χ1v) is 7.34. The molecule has 0 spiro atoms. The third kappa shape index (κ3) is 3.23. The first-order valence-electron chi connectivity index (χ1n) is 7.34. The van der Waals surface area contributed by atoms with Gasteiger partial charge in [-0.2, -0.15) is 5.10 Å². The normalized spacial score (nSPS) is 10.5. The molecule has 1 aromatic heterocycles. The Labute approximate surface area is 142 Å². The zero-order valence-corrected chi connectivity index (χ0v) is 13.5. The average molecular weight is 341 g/mol. The van der Waals surface area contributed by atoms with E-state index in [1.807, 2.05) is 0 Å². The minimum atomic E-state index is -0.478. The van der Waals surface area contributed by atoms with Crippen molar-refractivity contribution in [3.05, 3.63) is 58.3 Å². The predicted octanol–water partition coefficient (Wildman–Crippen LogP) is 3.80. The molecule has 3 rings (SSSR count). The highest BCUT2D eigenvalue weighted by Gasteiger charge is 2.18. The molecule has 8 nitrogen and oxygen atoms in total. The molecule has 8 heteroatoms. The second-order valence-electron chi connectivity index (χ2n) is 5.26. The monoisotopic (exact) mass is 341 g/mol. The van der Waals surface area contributed by atoms with Gasteiger partial charge in [-0.1, -0.05) is 0 Å². The van der Waals surface area contributed by atoms with Crippen LogP contribution in [0.25, 0.3) is 11.3 Å². The number of nitrogens with zero attached hydrogens (tertiary/aromatic N) is 2. The molecular weight excluding hydrogens is 326 g/mol. The molecule has 1 heterocycles. The molecule has 0 aliphatic carbocycles. The van der Waals surface area contributed by atoms with Gasteiger partial charge in [0.05, 0.1) is 17.7 Å². The fourth-order valence-electron chi connectivity index (χ4n) is 2.32. The van der Waals surface area contributed by atoms with Gasteiger partial charge in [-0.25, -0.2) is 0 Å². The number of nitrogens with one attached hydrogen (secondary N) is 1. The van der Waals surface area contributed by atoms with Crippen molar-refractivity contribution in [2.75, 3.05) is 7.11 Å². The molecular formula is C17H15N3O5. The molecule has 3 aromatic rings. The van der Waals surface area contributed by atoms with Gasteiger partial charge >= 0.3 is 0 Å². The second kappa shape index (κ2) is 6.52. The Hall–Kier alpha value is -3.55. The molecule has 0 atom stereocenters. The Morgan fingerprint density at radius 3 is 2.44 bits per heavy atom. The van der Waals surface area contributed by atoms with Crippen molar-refractivity contribution in [2.45, 2.75) is 6.92 Å². The SMILES string of the molecule is COc1ccc(-c2n[nH]c(C)c2Oc2ccc([N+](=O)[O-])cc2)c(O)c1. The molecule has 0 bridgehead atoms. The van der Waals surface area contributed by atoms with Gasteiger partial charge in [0.15, 0.2) is 5.75 Å². The number of hydrogen-bond acceptors (Lipinski definition) is 6. The highest BCUT2D eigenvalue weighted by atomic mass is 16.6. The molecule has 25 heavy (non-hydrogen) atoms. The lowest BCUT2D eigenvalue weighted by molar-refractivity contribution is -0.384. The first-order chi connectivity index (χ1) is 12.0. The number of ether oxygens (including phenoxy) is 2. The summed E-state index contributed by atoms with van der Waals surface area (Å²) in [6.45, 7) is 1.78. The maximum absolute atomic E-state index is 10.7. The van der Waals surface area contributed by atoms with Gasteiger partial charge in [0, 0.05) is 23.8 Å². The van der Waals surface area contributed by atoms with Gasteiger partial charge in [-0.15, -0.1) is 0 Å². The number of benzene rings is 2. The van der Waals surface area contributed by atoms with Crippen molar-refractivity contribution in [1.82, 2.24) is 10.2 Å². The van der Waals surface area contributed by atoms with Gasteiger partial charge in [0.1, 0.15) is 22.9 Å². The van der Waals surface area contributed by atoms with E-state index in [1.54, 1.807) is 19.1 Å². The number of nitro groups is 1. The number of aromatic nitrogens is 2. The van der Waals surface area contributed by atoms with Crippen LogP contribution in [0.2, 0.25) is 0 Å². The maximum Gasteiger partial charge on any atom is 0.269 e. The van der Waals surface area contributed by atoms with E-state index in [0.29, 0.717) is 34.2 Å². The smallest absolute Gasteiger partial charge is 0.269 e. The summed E-state index contributed by atoms with van der Waals surface area (Å²) in [6.07, 6.45) is 0. The van der Waals surface area contributed by atoms with Gasteiger partial charge in [0.2, 0.25) is 0 Å². The molecule has 0 amide bonds. The number of methoxy groups -OCH3 is 1. The summed E-state index contributed by atoms with van der Waals surface area (Å²) in [7, 11) is 1.51. The molecule has 0 radical (unpaired) electrons. The number of aromatic amines is 1. The number of non-ortho nitro benzene ring substituents is 1. The zero-order valence-electron chi connectivity index (χ0n) is 13.5. The van der Waals surface area contributed by atoms with E-state index in [0.717, 1.165) is 0 Å². The van der Waals surface area contributed by atoms with Crippen LogP contribution in [0.1, 0.15) is 5.69 Å². The number of hydrogen-bond donors (Lipinski definition) is 2. The average Bonchev–Trinajstić information content (AvgIpc) is 2.96. The van der Waals surface area contributed by atoms with Crippen molar-refractivity contribution in [2.24, 2.45) is 0 Å². The summed E-state index contributed by atoms with van der Waals surface area (Å²) in [5, 5.41) is 27.9. The second-order valence-corrected chi connectivity index (χ2v) is 5.26. The molecule has 128 valence electrons. The number of phenolic OH excluding ortho intramolecular Hbond substituents is 1. The number of rotatable bonds is 5. The minimum absolute atomic E-state index is 0.000556. The van der Waals surface area contributed by atoms with Crippen LogP contribution in [0.3, 0.4) is 0 Å². The lowest BCUT2D eigenvalue weighted by Gasteiger charge is -2.09. The molecule has 2 N–H and O–H groups in total. The third-order valence-electron chi connectivity index (χ3n) is 3.62. The predicted molar refractivity (Wildman–Crippen MR) is 90.1 cm³/mol. The quantitative estimate of drug-likeness (QED) is 0.539. The van der Waals surface area contributed by atoms with Crippen LogP contribution in [0.4, 0.5) is 5.69 Å². The summed E-state index contributed by atoms with van der Waals surface area (Å²) in [5.74, 6) is 1.37. The Kier molecular flexibility index (Phi) is 4.25. The number of H-pyrrole nitrogens is 1. The Morgan fingerprint density at radius 2 is 1.84 bits per heavy atom.